The third-order valence-corrected chi connectivity index (χ3v) is 4.67. The number of aliphatic carboxylic acids is 1. The molecule has 2 aromatic heterocycles. The maximum absolute atomic E-state index is 12.8. The lowest BCUT2D eigenvalue weighted by molar-refractivity contribution is -0.136. The fourth-order valence-corrected chi connectivity index (χ4v) is 3.25. The quantitative estimate of drug-likeness (QED) is 0.719. The van der Waals surface area contributed by atoms with Crippen molar-refractivity contribution in [1.29, 1.82) is 0 Å². The first-order chi connectivity index (χ1) is 13.1. The van der Waals surface area contributed by atoms with Crippen LogP contribution in [0, 0.1) is 0 Å². The molecule has 0 atom stereocenters. The smallest absolute Gasteiger partial charge is 0.303 e. The maximum atomic E-state index is 12.8. The van der Waals surface area contributed by atoms with Crippen molar-refractivity contribution < 1.29 is 14.7 Å². The van der Waals surface area contributed by atoms with Gasteiger partial charge < -0.3 is 10.0 Å². The predicted octanol–water partition coefficient (Wildman–Crippen LogP) is 1.95. The van der Waals surface area contributed by atoms with Gasteiger partial charge in [0.1, 0.15) is 0 Å². The van der Waals surface area contributed by atoms with Gasteiger partial charge >= 0.3 is 5.97 Å². The summed E-state index contributed by atoms with van der Waals surface area (Å²) in [7, 11) is 0. The van der Waals surface area contributed by atoms with E-state index in [-0.39, 0.29) is 12.3 Å². The second-order valence-corrected chi connectivity index (χ2v) is 6.52. The van der Waals surface area contributed by atoms with E-state index >= 15 is 0 Å². The van der Waals surface area contributed by atoms with Gasteiger partial charge in [-0.15, -0.1) is 0 Å². The molecule has 0 saturated heterocycles. The Morgan fingerprint density at radius 1 is 1.15 bits per heavy atom. The van der Waals surface area contributed by atoms with Crippen molar-refractivity contribution in [3.05, 3.63) is 59.5 Å². The number of carbonyl (C=O) groups is 2. The van der Waals surface area contributed by atoms with Gasteiger partial charge in [-0.3, -0.25) is 19.4 Å². The number of aromatic amines is 1. The average molecular weight is 365 g/mol. The monoisotopic (exact) mass is 365 g/mol. The summed E-state index contributed by atoms with van der Waals surface area (Å²) in [5.74, 6) is -0.859. The van der Waals surface area contributed by atoms with E-state index in [0.29, 0.717) is 31.6 Å². The molecule has 8 nitrogen and oxygen atoms in total. The Hall–Kier alpha value is -3.42. The Morgan fingerprint density at radius 2 is 1.96 bits per heavy atom. The molecule has 0 unspecified atom stereocenters. The lowest BCUT2D eigenvalue weighted by Gasteiger charge is -2.27. The van der Waals surface area contributed by atoms with Crippen LogP contribution in [-0.2, 0) is 24.3 Å². The van der Waals surface area contributed by atoms with E-state index in [9.17, 15) is 9.59 Å². The van der Waals surface area contributed by atoms with E-state index in [1.165, 1.54) is 0 Å². The zero-order valence-electron chi connectivity index (χ0n) is 14.6. The number of carbonyl (C=O) groups excluding carboxylic acids is 1. The van der Waals surface area contributed by atoms with E-state index in [2.05, 4.69) is 15.3 Å². The Kier molecular flexibility index (Phi) is 4.45. The molecule has 0 bridgehead atoms. The molecule has 138 valence electrons. The lowest BCUT2D eigenvalue weighted by Crippen LogP contribution is -2.38. The lowest BCUT2D eigenvalue weighted by atomic mass is 10.1. The van der Waals surface area contributed by atoms with Crippen LogP contribution < -0.4 is 0 Å². The normalized spacial score (nSPS) is 13.4. The Balaban J connectivity index is 1.45. The highest BCUT2D eigenvalue weighted by molar-refractivity contribution is 5.94. The zero-order valence-corrected chi connectivity index (χ0v) is 14.6. The number of fused-ring (bicyclic) bond motifs is 1. The molecule has 3 heterocycles. The highest BCUT2D eigenvalue weighted by atomic mass is 16.4. The molecule has 4 rings (SSSR count). The molecule has 1 aromatic carbocycles. The first-order valence-electron chi connectivity index (χ1n) is 8.76. The van der Waals surface area contributed by atoms with Gasteiger partial charge in [0.05, 0.1) is 36.6 Å². The van der Waals surface area contributed by atoms with Gasteiger partial charge in [0.25, 0.3) is 5.91 Å². The molecule has 0 radical (unpaired) electrons. The van der Waals surface area contributed by atoms with Crippen LogP contribution in [0.15, 0.2) is 42.6 Å². The third-order valence-electron chi connectivity index (χ3n) is 4.67. The molecule has 27 heavy (non-hydrogen) atoms. The molecule has 3 aromatic rings. The number of aromatic nitrogens is 4. The van der Waals surface area contributed by atoms with E-state index in [1.54, 1.807) is 11.1 Å². The van der Waals surface area contributed by atoms with Crippen LogP contribution in [0.25, 0.3) is 11.3 Å². The number of H-pyrrole nitrogens is 1. The molecule has 0 spiro atoms. The summed E-state index contributed by atoms with van der Waals surface area (Å²) in [6, 6.07) is 11.2. The third kappa shape index (κ3) is 3.59. The number of aryl methyl sites for hydroxylation is 1. The van der Waals surface area contributed by atoms with Crippen LogP contribution in [0.5, 0.6) is 0 Å². The largest absolute Gasteiger partial charge is 0.481 e. The highest BCUT2D eigenvalue weighted by Crippen LogP contribution is 2.20. The molecule has 8 heteroatoms. The van der Waals surface area contributed by atoms with Crippen molar-refractivity contribution in [3.63, 3.8) is 0 Å². The number of carboxylic acid groups (broad SMARTS) is 1. The molecule has 1 amide bonds. The van der Waals surface area contributed by atoms with Crippen molar-refractivity contribution in [2.75, 3.05) is 6.54 Å². The summed E-state index contributed by atoms with van der Waals surface area (Å²) in [4.78, 5) is 25.3. The molecule has 0 saturated carbocycles. The van der Waals surface area contributed by atoms with Crippen LogP contribution >= 0.6 is 0 Å². The number of nitrogens with one attached hydrogen (secondary N) is 1. The van der Waals surface area contributed by atoms with E-state index in [1.807, 2.05) is 41.1 Å². The van der Waals surface area contributed by atoms with Crippen molar-refractivity contribution >= 4 is 11.9 Å². The summed E-state index contributed by atoms with van der Waals surface area (Å²) in [5.41, 5.74) is 4.21. The summed E-state index contributed by atoms with van der Waals surface area (Å²) in [6.45, 7) is 1.66. The van der Waals surface area contributed by atoms with Crippen LogP contribution in [-0.4, -0.2) is 48.4 Å². The summed E-state index contributed by atoms with van der Waals surface area (Å²) >= 11 is 0. The Morgan fingerprint density at radius 3 is 2.67 bits per heavy atom. The van der Waals surface area contributed by atoms with Gasteiger partial charge in [0.15, 0.2) is 0 Å². The SMILES string of the molecule is O=C(O)CCc1cc2n(n1)CCN(C(=O)c1ccc(-c3ccn[nH]3)cc1)C2. The molecular formula is C19H19N5O3. The average Bonchev–Trinajstić information content (AvgIpc) is 3.35. The number of nitrogens with zero attached hydrogens (tertiary/aromatic N) is 4. The van der Waals surface area contributed by atoms with E-state index < -0.39 is 5.97 Å². The fourth-order valence-electron chi connectivity index (χ4n) is 3.25. The van der Waals surface area contributed by atoms with E-state index in [0.717, 1.165) is 22.6 Å². The minimum atomic E-state index is -0.837. The number of hydrogen-bond acceptors (Lipinski definition) is 4. The molecule has 1 aliphatic rings. The Bertz CT molecular complexity index is 960. The van der Waals surface area contributed by atoms with Crippen molar-refractivity contribution in [2.45, 2.75) is 25.9 Å². The van der Waals surface area contributed by atoms with Gasteiger partial charge in [-0.05, 0) is 29.8 Å². The minimum absolute atomic E-state index is 0.0225. The molecule has 2 N–H and O–H groups in total. The zero-order chi connectivity index (χ0) is 18.8. The van der Waals surface area contributed by atoms with Crippen LogP contribution in [0.1, 0.15) is 28.2 Å². The number of carboxylic acids is 1. The summed E-state index contributed by atoms with van der Waals surface area (Å²) < 4.78 is 1.86. The van der Waals surface area contributed by atoms with Gasteiger partial charge in [-0.25, -0.2) is 0 Å². The van der Waals surface area contributed by atoms with Gasteiger partial charge in [-0.1, -0.05) is 12.1 Å². The number of amides is 1. The van der Waals surface area contributed by atoms with Gasteiger partial charge in [0.2, 0.25) is 0 Å². The van der Waals surface area contributed by atoms with Crippen LogP contribution in [0.4, 0.5) is 0 Å². The highest BCUT2D eigenvalue weighted by Gasteiger charge is 2.23. The minimum Gasteiger partial charge on any atom is -0.481 e. The van der Waals surface area contributed by atoms with Crippen molar-refractivity contribution in [3.8, 4) is 11.3 Å². The van der Waals surface area contributed by atoms with E-state index in [4.69, 9.17) is 5.11 Å². The second kappa shape index (κ2) is 7.06. The van der Waals surface area contributed by atoms with Crippen molar-refractivity contribution in [2.24, 2.45) is 0 Å². The standard InChI is InChI=1S/C19H19N5O3/c25-18(26)6-5-15-11-16-12-23(9-10-24(16)22-15)19(27)14-3-1-13(2-4-14)17-7-8-20-21-17/h1-4,7-8,11H,5-6,9-10,12H2,(H,20,21)(H,25,26). The molecular weight excluding hydrogens is 346 g/mol. The number of benzene rings is 1. The number of hydrogen-bond donors (Lipinski definition) is 2. The first-order valence-corrected chi connectivity index (χ1v) is 8.76. The maximum Gasteiger partial charge on any atom is 0.303 e. The molecule has 0 fully saturated rings. The van der Waals surface area contributed by atoms with Gasteiger partial charge in [-0.2, -0.15) is 10.2 Å². The van der Waals surface area contributed by atoms with Crippen molar-refractivity contribution in [1.82, 2.24) is 24.9 Å². The fraction of sp³-hybridized carbons (Fsp3) is 0.263. The Labute approximate surface area is 155 Å². The van der Waals surface area contributed by atoms with Crippen LogP contribution in [0.3, 0.4) is 0 Å². The van der Waals surface area contributed by atoms with Gasteiger partial charge in [0, 0.05) is 24.7 Å². The number of rotatable bonds is 5. The first kappa shape index (κ1) is 17.0. The van der Waals surface area contributed by atoms with Crippen LogP contribution in [0.2, 0.25) is 0 Å². The topological polar surface area (TPSA) is 104 Å². The summed E-state index contributed by atoms with van der Waals surface area (Å²) in [6.07, 6.45) is 2.15. The summed E-state index contributed by atoms with van der Waals surface area (Å²) in [5, 5.41) is 20.1. The molecule has 1 aliphatic heterocycles. The second-order valence-electron chi connectivity index (χ2n) is 6.52. The molecule has 0 aliphatic carbocycles. The predicted molar refractivity (Wildman–Crippen MR) is 96.9 cm³/mol.